The minimum Gasteiger partial charge on any atom is -0.352 e. The number of piperidine rings is 1. The summed E-state index contributed by atoms with van der Waals surface area (Å²) in [5, 5.41) is 3.08. The first-order chi connectivity index (χ1) is 19.8. The van der Waals surface area contributed by atoms with Gasteiger partial charge in [-0.3, -0.25) is 14.5 Å². The predicted octanol–water partition coefficient (Wildman–Crippen LogP) is 7.37. The number of carbonyl (C=O) groups is 2. The molecule has 2 aliphatic rings. The number of thioether (sulfide) groups is 1. The smallest absolute Gasteiger partial charge is 0.265 e. The Morgan fingerprint density at radius 1 is 1.00 bits per heavy atom. The highest BCUT2D eigenvalue weighted by Crippen LogP contribution is 2.42. The van der Waals surface area contributed by atoms with Gasteiger partial charge in [-0.05, 0) is 94.0 Å². The van der Waals surface area contributed by atoms with Gasteiger partial charge in [-0.2, -0.15) is 0 Å². The Bertz CT molecular complexity index is 1420. The third-order valence-corrected chi connectivity index (χ3v) is 9.47. The van der Waals surface area contributed by atoms with E-state index in [9.17, 15) is 9.59 Å². The summed E-state index contributed by atoms with van der Waals surface area (Å²) in [4.78, 5) is 32.7. The van der Waals surface area contributed by atoms with Crippen molar-refractivity contribution in [1.82, 2.24) is 10.2 Å². The summed E-state index contributed by atoms with van der Waals surface area (Å²) in [6.07, 6.45) is 6.72. The van der Waals surface area contributed by atoms with Crippen LogP contribution in [0.2, 0.25) is 0 Å². The van der Waals surface area contributed by atoms with Crippen molar-refractivity contribution in [2.45, 2.75) is 76.9 Å². The van der Waals surface area contributed by atoms with Gasteiger partial charge in [0.05, 0.1) is 17.1 Å². The second-order valence-electron chi connectivity index (χ2n) is 11.5. The number of hydrogen-bond donors (Lipinski definition) is 1. The molecule has 2 heterocycles. The molecule has 0 saturated carbocycles. The zero-order valence-electron chi connectivity index (χ0n) is 24.7. The van der Waals surface area contributed by atoms with Crippen LogP contribution < -0.4 is 10.2 Å². The number of carbonyl (C=O) groups excluding carboxylic acids is 2. The van der Waals surface area contributed by atoms with E-state index in [1.54, 1.807) is 0 Å². The molecule has 2 atom stereocenters. The number of benzene rings is 3. The second kappa shape index (κ2) is 13.1. The zero-order chi connectivity index (χ0) is 28.9. The maximum Gasteiger partial charge on any atom is 0.265 e. The van der Waals surface area contributed by atoms with Crippen LogP contribution in [0.15, 0.2) is 76.5 Å². The van der Waals surface area contributed by atoms with Gasteiger partial charge in [0.25, 0.3) is 11.8 Å². The van der Waals surface area contributed by atoms with E-state index in [-0.39, 0.29) is 11.8 Å². The number of para-hydroxylation sites is 1. The average molecular weight is 568 g/mol. The normalized spacial score (nSPS) is 20.2. The van der Waals surface area contributed by atoms with Gasteiger partial charge in [-0.25, -0.2) is 0 Å². The van der Waals surface area contributed by atoms with Gasteiger partial charge in [0, 0.05) is 35.6 Å². The Morgan fingerprint density at radius 2 is 1.73 bits per heavy atom. The van der Waals surface area contributed by atoms with E-state index < -0.39 is 0 Å². The topological polar surface area (TPSA) is 52.7 Å². The number of aryl methyl sites for hydroxylation is 2. The van der Waals surface area contributed by atoms with Gasteiger partial charge in [0.2, 0.25) is 0 Å². The standard InChI is InChI=1S/C35H41N3O2S/c1-24-13-14-25(2)30(21-24)23-38-31-11-5-6-12-32(31)41-33(35(38)40)22-28-15-17-29(18-16-28)34(39)36-19-8-20-37-26(3)9-7-10-27(37)4/h5-6,11-18,21-22,26-27H,7-10,19-20,23H2,1-4H3,(H,36,39)/b33-22-/t26-,27-/m0/s1. The fraction of sp³-hybridized carbons (Fsp3) is 0.371. The molecule has 6 heteroatoms. The number of nitrogens with one attached hydrogen (secondary N) is 1. The SMILES string of the molecule is Cc1ccc(C)c(CN2C(=O)/C(=C/c3ccc(C(=O)NCCCN4[C@@H](C)CCC[C@@H]4C)cc3)Sc3ccccc32)c1. The lowest BCUT2D eigenvalue weighted by atomic mass is 9.97. The molecular formula is C35H41N3O2S. The van der Waals surface area contributed by atoms with E-state index in [1.807, 2.05) is 53.4 Å². The molecule has 0 aliphatic carbocycles. The number of fused-ring (bicyclic) bond motifs is 1. The summed E-state index contributed by atoms with van der Waals surface area (Å²) >= 11 is 1.50. The highest BCUT2D eigenvalue weighted by atomic mass is 32.2. The van der Waals surface area contributed by atoms with Crippen molar-refractivity contribution in [3.8, 4) is 0 Å². The Kier molecular flexibility index (Phi) is 9.31. The monoisotopic (exact) mass is 567 g/mol. The first-order valence-electron chi connectivity index (χ1n) is 14.8. The van der Waals surface area contributed by atoms with E-state index in [2.05, 4.69) is 62.2 Å². The first kappa shape index (κ1) is 29.2. The zero-order valence-corrected chi connectivity index (χ0v) is 25.5. The lowest BCUT2D eigenvalue weighted by Gasteiger charge is -2.39. The van der Waals surface area contributed by atoms with Crippen LogP contribution >= 0.6 is 11.8 Å². The Hall–Kier alpha value is -3.35. The molecule has 0 spiro atoms. The van der Waals surface area contributed by atoms with Gasteiger partial charge >= 0.3 is 0 Å². The van der Waals surface area contributed by atoms with Gasteiger partial charge in [-0.1, -0.05) is 66.2 Å². The van der Waals surface area contributed by atoms with Crippen molar-refractivity contribution in [1.29, 1.82) is 0 Å². The molecule has 2 aliphatic heterocycles. The number of hydrogen-bond acceptors (Lipinski definition) is 4. The number of anilines is 1. The van der Waals surface area contributed by atoms with Crippen LogP contribution in [-0.4, -0.2) is 41.9 Å². The molecule has 5 rings (SSSR count). The van der Waals surface area contributed by atoms with E-state index in [1.165, 1.54) is 42.2 Å². The number of rotatable bonds is 8. The lowest BCUT2D eigenvalue weighted by molar-refractivity contribution is -0.114. The third-order valence-electron chi connectivity index (χ3n) is 8.39. The maximum absolute atomic E-state index is 13.7. The van der Waals surface area contributed by atoms with Crippen molar-refractivity contribution in [3.63, 3.8) is 0 Å². The average Bonchev–Trinajstić information content (AvgIpc) is 2.96. The van der Waals surface area contributed by atoms with Crippen molar-refractivity contribution in [2.75, 3.05) is 18.0 Å². The van der Waals surface area contributed by atoms with Crippen LogP contribution in [0.4, 0.5) is 5.69 Å². The van der Waals surface area contributed by atoms with E-state index in [4.69, 9.17) is 0 Å². The molecule has 41 heavy (non-hydrogen) atoms. The second-order valence-corrected chi connectivity index (χ2v) is 12.6. The molecule has 3 aromatic carbocycles. The van der Waals surface area contributed by atoms with Gasteiger partial charge in [0.1, 0.15) is 0 Å². The Labute approximate surface area is 249 Å². The van der Waals surface area contributed by atoms with Crippen molar-refractivity contribution in [3.05, 3.63) is 99.5 Å². The molecular weight excluding hydrogens is 526 g/mol. The minimum absolute atomic E-state index is 0.00577. The fourth-order valence-electron chi connectivity index (χ4n) is 5.92. The van der Waals surface area contributed by atoms with Gasteiger partial charge in [0.15, 0.2) is 0 Å². The van der Waals surface area contributed by atoms with Crippen molar-refractivity contribution < 1.29 is 9.59 Å². The summed E-state index contributed by atoms with van der Waals surface area (Å²) in [5.74, 6) is -0.0607. The maximum atomic E-state index is 13.7. The van der Waals surface area contributed by atoms with Gasteiger partial charge < -0.3 is 10.2 Å². The van der Waals surface area contributed by atoms with Crippen LogP contribution in [0, 0.1) is 13.8 Å². The summed E-state index contributed by atoms with van der Waals surface area (Å²) in [7, 11) is 0. The molecule has 1 saturated heterocycles. The summed E-state index contributed by atoms with van der Waals surface area (Å²) in [6, 6.07) is 23.2. The quantitative estimate of drug-likeness (QED) is 0.228. The third kappa shape index (κ3) is 6.94. The van der Waals surface area contributed by atoms with E-state index >= 15 is 0 Å². The molecule has 1 fully saturated rings. The van der Waals surface area contributed by atoms with Crippen molar-refractivity contribution >= 4 is 35.3 Å². The van der Waals surface area contributed by atoms with Crippen LogP contribution in [0.25, 0.3) is 6.08 Å². The lowest BCUT2D eigenvalue weighted by Crippen LogP contribution is -2.44. The summed E-state index contributed by atoms with van der Waals surface area (Å²) in [6.45, 7) is 11.0. The number of likely N-dealkylation sites (tertiary alicyclic amines) is 1. The minimum atomic E-state index is -0.0549. The van der Waals surface area contributed by atoms with E-state index in [0.717, 1.165) is 34.7 Å². The molecule has 1 N–H and O–H groups in total. The largest absolute Gasteiger partial charge is 0.352 e. The first-order valence-corrected chi connectivity index (χ1v) is 15.6. The van der Waals surface area contributed by atoms with Crippen LogP contribution in [0.5, 0.6) is 0 Å². The molecule has 0 bridgehead atoms. The molecule has 0 unspecified atom stereocenters. The van der Waals surface area contributed by atoms with Crippen LogP contribution in [-0.2, 0) is 11.3 Å². The van der Waals surface area contributed by atoms with Crippen molar-refractivity contribution in [2.24, 2.45) is 0 Å². The molecule has 0 aromatic heterocycles. The van der Waals surface area contributed by atoms with Crippen LogP contribution in [0.3, 0.4) is 0 Å². The fourth-order valence-corrected chi connectivity index (χ4v) is 6.98. The highest BCUT2D eigenvalue weighted by Gasteiger charge is 2.29. The molecule has 2 amide bonds. The highest BCUT2D eigenvalue weighted by molar-refractivity contribution is 8.04. The molecule has 3 aromatic rings. The van der Waals surface area contributed by atoms with Crippen LogP contribution in [0.1, 0.15) is 72.1 Å². The van der Waals surface area contributed by atoms with Gasteiger partial charge in [-0.15, -0.1) is 0 Å². The molecule has 214 valence electrons. The summed E-state index contributed by atoms with van der Waals surface area (Å²) in [5.41, 5.74) is 5.98. The predicted molar refractivity (Wildman–Crippen MR) is 170 cm³/mol. The molecule has 5 nitrogen and oxygen atoms in total. The number of nitrogens with zero attached hydrogens (tertiary/aromatic N) is 2. The molecule has 0 radical (unpaired) electrons. The Balaban J connectivity index is 1.24. The van der Waals surface area contributed by atoms with E-state index in [0.29, 0.717) is 35.6 Å². The Morgan fingerprint density at radius 3 is 2.49 bits per heavy atom. The summed E-state index contributed by atoms with van der Waals surface area (Å²) < 4.78 is 0. The number of amides is 2.